The highest BCUT2D eigenvalue weighted by molar-refractivity contribution is 7.10. The van der Waals surface area contributed by atoms with Crippen molar-refractivity contribution in [2.45, 2.75) is 31.8 Å². The van der Waals surface area contributed by atoms with Gasteiger partial charge in [0.15, 0.2) is 0 Å². The Morgan fingerprint density at radius 1 is 1.27 bits per heavy atom. The molecule has 154 valence electrons. The van der Waals surface area contributed by atoms with Crippen LogP contribution in [0.4, 0.5) is 18.7 Å². The standard InChI is InChI=1S/C20H16BF3N2O3S/c22-15-7-13-16(8-17(15)25-5-3-18-11(9-25)4-6-30-18)26(12-1-2-12)10-14(19(13)27)20(28)29-21(23)24/h4,6-8,10,12H,1-3,5,9H2. The van der Waals surface area contributed by atoms with Crippen LogP contribution in [0.3, 0.4) is 0 Å². The van der Waals surface area contributed by atoms with E-state index in [1.54, 1.807) is 22.0 Å². The highest BCUT2D eigenvalue weighted by Gasteiger charge is 2.30. The highest BCUT2D eigenvalue weighted by Crippen LogP contribution is 2.39. The van der Waals surface area contributed by atoms with Crippen LogP contribution >= 0.6 is 11.3 Å². The van der Waals surface area contributed by atoms with Crippen molar-refractivity contribution in [1.82, 2.24) is 4.57 Å². The second-order valence-corrected chi connectivity index (χ2v) is 8.54. The van der Waals surface area contributed by atoms with Crippen molar-refractivity contribution >= 4 is 41.4 Å². The van der Waals surface area contributed by atoms with Gasteiger partial charge in [0.25, 0.3) is 0 Å². The van der Waals surface area contributed by atoms with Crippen LogP contribution in [0.25, 0.3) is 10.9 Å². The van der Waals surface area contributed by atoms with E-state index in [0.717, 1.165) is 30.9 Å². The number of thiophene rings is 1. The van der Waals surface area contributed by atoms with Crippen molar-refractivity contribution in [3.05, 3.63) is 61.8 Å². The summed E-state index contributed by atoms with van der Waals surface area (Å²) < 4.78 is 45.6. The zero-order valence-electron chi connectivity index (χ0n) is 15.7. The molecule has 1 aliphatic heterocycles. The summed E-state index contributed by atoms with van der Waals surface area (Å²) >= 11 is 1.69. The summed E-state index contributed by atoms with van der Waals surface area (Å²) in [6, 6.07) is 4.80. The third-order valence-electron chi connectivity index (χ3n) is 5.61. The Bertz CT molecular complexity index is 1220. The molecule has 0 spiro atoms. The monoisotopic (exact) mass is 432 g/mol. The SMILES string of the molecule is O=C(OB(F)F)c1cn(C2CC2)c2cc(N3CCc4sccc4C3)c(F)cc2c1=O. The fourth-order valence-corrected chi connectivity index (χ4v) is 4.89. The van der Waals surface area contributed by atoms with E-state index in [1.165, 1.54) is 11.1 Å². The molecule has 30 heavy (non-hydrogen) atoms. The lowest BCUT2D eigenvalue weighted by molar-refractivity contribution is 0.0693. The Morgan fingerprint density at radius 3 is 2.80 bits per heavy atom. The number of hydrogen-bond acceptors (Lipinski definition) is 5. The Balaban J connectivity index is 1.63. The van der Waals surface area contributed by atoms with Crippen LogP contribution in [-0.4, -0.2) is 24.6 Å². The number of carbonyl (C=O) groups is 1. The number of pyridine rings is 1. The largest absolute Gasteiger partial charge is 0.798 e. The lowest BCUT2D eigenvalue weighted by Crippen LogP contribution is -2.30. The summed E-state index contributed by atoms with van der Waals surface area (Å²) in [6.07, 6.45) is 3.74. The van der Waals surface area contributed by atoms with Crippen molar-refractivity contribution in [3.8, 4) is 0 Å². The maximum atomic E-state index is 15.1. The molecular weight excluding hydrogens is 416 g/mol. The molecule has 0 amide bonds. The predicted molar refractivity (Wildman–Crippen MR) is 109 cm³/mol. The van der Waals surface area contributed by atoms with Crippen LogP contribution in [0, 0.1) is 5.82 Å². The minimum atomic E-state index is -3.33. The average Bonchev–Trinajstić information content (AvgIpc) is 3.44. The van der Waals surface area contributed by atoms with Gasteiger partial charge in [-0.05, 0) is 48.4 Å². The molecule has 1 aliphatic carbocycles. The molecule has 0 unspecified atom stereocenters. The lowest BCUT2D eigenvalue weighted by Gasteiger charge is -2.29. The highest BCUT2D eigenvalue weighted by atomic mass is 32.1. The summed E-state index contributed by atoms with van der Waals surface area (Å²) in [5, 5.41) is 2.01. The Hall–Kier alpha value is -2.75. The van der Waals surface area contributed by atoms with Gasteiger partial charge in [-0.15, -0.1) is 11.3 Å². The van der Waals surface area contributed by atoms with Crippen LogP contribution in [0.5, 0.6) is 0 Å². The topological polar surface area (TPSA) is 51.5 Å². The van der Waals surface area contributed by atoms with E-state index in [0.29, 0.717) is 24.3 Å². The first-order chi connectivity index (χ1) is 14.4. The smallest absolute Gasteiger partial charge is 0.474 e. The van der Waals surface area contributed by atoms with Gasteiger partial charge in [-0.2, -0.15) is 0 Å². The molecule has 1 saturated carbocycles. The Kier molecular flexibility index (Phi) is 4.61. The zero-order valence-corrected chi connectivity index (χ0v) is 16.6. The fourth-order valence-electron chi connectivity index (χ4n) is 4.00. The number of halogens is 3. The number of carbonyl (C=O) groups excluding carboxylic acids is 1. The third-order valence-corrected chi connectivity index (χ3v) is 6.63. The van der Waals surface area contributed by atoms with Crippen molar-refractivity contribution < 1.29 is 22.5 Å². The van der Waals surface area contributed by atoms with Crippen molar-refractivity contribution in [2.24, 2.45) is 0 Å². The molecule has 3 heterocycles. The van der Waals surface area contributed by atoms with Gasteiger partial charge in [0.1, 0.15) is 11.4 Å². The number of fused-ring (bicyclic) bond motifs is 2. The molecule has 1 fully saturated rings. The van der Waals surface area contributed by atoms with Crippen molar-refractivity contribution in [2.75, 3.05) is 11.4 Å². The molecule has 5 rings (SSSR count). The predicted octanol–water partition coefficient (Wildman–Crippen LogP) is 4.18. The van der Waals surface area contributed by atoms with Crippen LogP contribution in [0.1, 0.15) is 39.7 Å². The van der Waals surface area contributed by atoms with Gasteiger partial charge in [-0.25, -0.2) is 17.8 Å². The molecule has 1 aromatic carbocycles. The molecule has 0 bridgehead atoms. The molecule has 0 atom stereocenters. The van der Waals surface area contributed by atoms with Gasteiger partial charge in [0, 0.05) is 35.6 Å². The molecule has 2 aliphatic rings. The number of nitrogens with zero attached hydrogens (tertiary/aromatic N) is 2. The van der Waals surface area contributed by atoms with Gasteiger partial charge < -0.3 is 14.1 Å². The minimum absolute atomic E-state index is 0.0138. The summed E-state index contributed by atoms with van der Waals surface area (Å²) in [6.45, 7) is 1.23. The fraction of sp³-hybridized carbons (Fsp3) is 0.300. The van der Waals surface area contributed by atoms with Gasteiger partial charge >= 0.3 is 13.4 Å². The average molecular weight is 432 g/mol. The van der Waals surface area contributed by atoms with E-state index < -0.39 is 30.2 Å². The summed E-state index contributed by atoms with van der Waals surface area (Å²) in [5.74, 6) is -1.99. The number of hydrogen-bond donors (Lipinski definition) is 0. The zero-order chi connectivity index (χ0) is 21.0. The number of anilines is 1. The van der Waals surface area contributed by atoms with Crippen LogP contribution in [0.2, 0.25) is 0 Å². The van der Waals surface area contributed by atoms with Crippen LogP contribution < -0.4 is 10.3 Å². The summed E-state index contributed by atoms with van der Waals surface area (Å²) in [7, 11) is -3.33. The van der Waals surface area contributed by atoms with Gasteiger partial charge in [0.05, 0.1) is 11.2 Å². The normalized spacial score (nSPS) is 15.9. The molecule has 0 N–H and O–H groups in total. The lowest BCUT2D eigenvalue weighted by atomic mass is 10.1. The first-order valence-electron chi connectivity index (χ1n) is 9.60. The van der Waals surface area contributed by atoms with E-state index in [-0.39, 0.29) is 11.4 Å². The van der Waals surface area contributed by atoms with Crippen molar-refractivity contribution in [1.29, 1.82) is 0 Å². The molecule has 0 radical (unpaired) electrons. The van der Waals surface area contributed by atoms with Gasteiger partial charge in [-0.1, -0.05) is 0 Å². The number of benzene rings is 1. The Morgan fingerprint density at radius 2 is 2.07 bits per heavy atom. The van der Waals surface area contributed by atoms with E-state index in [2.05, 4.69) is 4.65 Å². The Labute approximate surface area is 173 Å². The molecule has 3 aromatic rings. The second-order valence-electron chi connectivity index (χ2n) is 7.54. The molecular formula is C20H16BF3N2O3S. The maximum absolute atomic E-state index is 15.1. The first kappa shape index (κ1) is 19.2. The summed E-state index contributed by atoms with van der Waals surface area (Å²) in [4.78, 5) is 28.0. The van der Waals surface area contributed by atoms with Gasteiger partial charge in [0.2, 0.25) is 5.43 Å². The van der Waals surface area contributed by atoms with Crippen LogP contribution in [0.15, 0.2) is 34.6 Å². The molecule has 10 heteroatoms. The number of rotatable bonds is 4. The summed E-state index contributed by atoms with van der Waals surface area (Å²) in [5.41, 5.74) is 0.717. The van der Waals surface area contributed by atoms with E-state index in [9.17, 15) is 18.2 Å². The first-order valence-corrected chi connectivity index (χ1v) is 10.5. The minimum Gasteiger partial charge on any atom is -0.474 e. The molecule has 0 saturated heterocycles. The number of aromatic nitrogens is 1. The molecule has 2 aromatic heterocycles. The van der Waals surface area contributed by atoms with E-state index in [4.69, 9.17) is 0 Å². The van der Waals surface area contributed by atoms with Gasteiger partial charge in [-0.3, -0.25) is 4.79 Å². The second kappa shape index (κ2) is 7.19. The third kappa shape index (κ3) is 3.28. The van der Waals surface area contributed by atoms with E-state index in [1.807, 2.05) is 16.3 Å². The maximum Gasteiger partial charge on any atom is 0.798 e. The molecule has 5 nitrogen and oxygen atoms in total. The quantitative estimate of drug-likeness (QED) is 0.581. The van der Waals surface area contributed by atoms with E-state index >= 15 is 4.39 Å². The van der Waals surface area contributed by atoms with Crippen LogP contribution in [-0.2, 0) is 17.6 Å². The van der Waals surface area contributed by atoms with Crippen molar-refractivity contribution in [3.63, 3.8) is 0 Å².